The van der Waals surface area contributed by atoms with Gasteiger partial charge in [0.25, 0.3) is 0 Å². The van der Waals surface area contributed by atoms with Gasteiger partial charge in [-0.05, 0) is 11.7 Å². The fourth-order valence-corrected chi connectivity index (χ4v) is 0.965. The van der Waals surface area contributed by atoms with Gasteiger partial charge < -0.3 is 5.02 Å². The Kier molecular flexibility index (Phi) is 4.92. The minimum atomic E-state index is -1.01. The lowest BCUT2D eigenvalue weighted by Crippen LogP contribution is -2.33. The lowest BCUT2D eigenvalue weighted by molar-refractivity contribution is -0.200. The Balaban J connectivity index is 2.35. The highest BCUT2D eigenvalue weighted by atomic mass is 32.2. The van der Waals surface area contributed by atoms with Gasteiger partial charge in [-0.25, -0.2) is 4.89 Å². The summed E-state index contributed by atoms with van der Waals surface area (Å²) in [6.45, 7) is 0. The maximum Gasteiger partial charge on any atom is 0.523 e. The van der Waals surface area contributed by atoms with E-state index in [0.717, 1.165) is 0 Å². The Morgan fingerprint density at radius 3 is 2.69 bits per heavy atom. The highest BCUT2D eigenvalue weighted by Crippen LogP contribution is 1.94. The van der Waals surface area contributed by atoms with Crippen molar-refractivity contribution in [1.29, 1.82) is 0 Å². The predicted molar refractivity (Wildman–Crippen MR) is 54.6 cm³/mol. The van der Waals surface area contributed by atoms with Gasteiger partial charge in [0.2, 0.25) is 0 Å². The van der Waals surface area contributed by atoms with E-state index in [-0.39, 0.29) is 0 Å². The van der Waals surface area contributed by atoms with Crippen molar-refractivity contribution in [3.8, 4) is 0 Å². The van der Waals surface area contributed by atoms with Gasteiger partial charge >= 0.3 is 7.12 Å². The summed E-state index contributed by atoms with van der Waals surface area (Å²) in [5, 5.41) is 9.39. The highest BCUT2D eigenvalue weighted by Gasteiger charge is 2.16. The fraction of sp³-hybridized carbons (Fsp3) is 0.250. The quantitative estimate of drug-likeness (QED) is 0.248. The average molecular weight is 198 g/mol. The summed E-state index contributed by atoms with van der Waals surface area (Å²) in [6.07, 6.45) is 1.89. The standard InChI is InChI=1S/C8H11BO3S/c1-13-7-11-12-9(10)8-5-3-2-4-6-8/h2-6,10H,7H2,1H3. The van der Waals surface area contributed by atoms with Crippen molar-refractivity contribution in [1.82, 2.24) is 0 Å². The van der Waals surface area contributed by atoms with Crippen molar-refractivity contribution in [2.45, 2.75) is 0 Å². The van der Waals surface area contributed by atoms with Crippen LogP contribution in [0.2, 0.25) is 0 Å². The SMILES string of the molecule is CSCOOB(O)c1ccccc1. The van der Waals surface area contributed by atoms with Crippen LogP contribution >= 0.6 is 11.8 Å². The molecule has 1 aromatic carbocycles. The highest BCUT2D eigenvalue weighted by molar-refractivity contribution is 7.98. The Morgan fingerprint density at radius 2 is 2.08 bits per heavy atom. The van der Waals surface area contributed by atoms with Gasteiger partial charge in [0.15, 0.2) is 0 Å². The molecule has 0 fully saturated rings. The van der Waals surface area contributed by atoms with Crippen LogP contribution in [0.1, 0.15) is 0 Å². The Bertz CT molecular complexity index is 232. The molecule has 0 unspecified atom stereocenters. The molecule has 0 amide bonds. The van der Waals surface area contributed by atoms with Crippen molar-refractivity contribution in [2.75, 3.05) is 12.2 Å². The average Bonchev–Trinajstić information content (AvgIpc) is 2.19. The van der Waals surface area contributed by atoms with E-state index in [4.69, 9.17) is 9.69 Å². The monoisotopic (exact) mass is 198 g/mol. The van der Waals surface area contributed by atoms with E-state index >= 15 is 0 Å². The van der Waals surface area contributed by atoms with Crippen LogP contribution in [0.4, 0.5) is 0 Å². The van der Waals surface area contributed by atoms with E-state index in [0.29, 0.717) is 11.4 Å². The maximum absolute atomic E-state index is 9.39. The van der Waals surface area contributed by atoms with E-state index in [1.807, 2.05) is 24.5 Å². The van der Waals surface area contributed by atoms with Crippen LogP contribution in [0.5, 0.6) is 0 Å². The van der Waals surface area contributed by atoms with Crippen LogP contribution in [0.3, 0.4) is 0 Å². The molecule has 1 aromatic rings. The second-order valence-corrected chi connectivity index (χ2v) is 3.20. The lowest BCUT2D eigenvalue weighted by atomic mass is 9.80. The minimum Gasteiger partial charge on any atom is -0.422 e. The van der Waals surface area contributed by atoms with E-state index in [2.05, 4.69) is 0 Å². The number of thioether (sulfide) groups is 1. The maximum atomic E-state index is 9.39. The molecule has 0 saturated carbocycles. The molecule has 3 nitrogen and oxygen atoms in total. The normalized spacial score (nSPS) is 10.0. The van der Waals surface area contributed by atoms with Crippen LogP contribution in [-0.2, 0) is 9.69 Å². The summed E-state index contributed by atoms with van der Waals surface area (Å²) in [5.41, 5.74) is 0.684. The topological polar surface area (TPSA) is 38.7 Å². The van der Waals surface area contributed by atoms with Crippen molar-refractivity contribution >= 4 is 24.3 Å². The molecule has 1 N–H and O–H groups in total. The molecule has 0 aliphatic rings. The number of hydrogen-bond donors (Lipinski definition) is 1. The number of rotatable bonds is 5. The Labute approximate surface area is 82.1 Å². The molecule has 0 aliphatic carbocycles. The lowest BCUT2D eigenvalue weighted by Gasteiger charge is -2.05. The molecule has 0 atom stereocenters. The molecule has 5 heteroatoms. The van der Waals surface area contributed by atoms with Gasteiger partial charge in [-0.15, -0.1) is 11.8 Å². The first kappa shape index (κ1) is 10.6. The molecule has 0 aliphatic heterocycles. The molecule has 0 spiro atoms. The first-order chi connectivity index (χ1) is 6.34. The first-order valence-electron chi connectivity index (χ1n) is 3.85. The van der Waals surface area contributed by atoms with Gasteiger partial charge in [-0.2, -0.15) is 0 Å². The van der Waals surface area contributed by atoms with Gasteiger partial charge in [-0.3, -0.25) is 4.81 Å². The van der Waals surface area contributed by atoms with Crippen LogP contribution in [0.15, 0.2) is 30.3 Å². The minimum absolute atomic E-state index is 0.407. The molecular weight excluding hydrogens is 187 g/mol. The zero-order valence-electron chi connectivity index (χ0n) is 7.34. The molecule has 0 saturated heterocycles. The predicted octanol–water partition coefficient (Wildman–Crippen LogP) is 0.643. The van der Waals surface area contributed by atoms with Crippen LogP contribution in [0, 0.1) is 0 Å². The summed E-state index contributed by atoms with van der Waals surface area (Å²) >= 11 is 1.48. The van der Waals surface area contributed by atoms with Crippen LogP contribution in [0.25, 0.3) is 0 Å². The van der Waals surface area contributed by atoms with Crippen molar-refractivity contribution in [3.05, 3.63) is 30.3 Å². The molecule has 0 radical (unpaired) electrons. The molecule has 0 aromatic heterocycles. The van der Waals surface area contributed by atoms with E-state index < -0.39 is 7.12 Å². The molecule has 0 bridgehead atoms. The van der Waals surface area contributed by atoms with Crippen molar-refractivity contribution in [3.63, 3.8) is 0 Å². The molecule has 1 rings (SSSR count). The Hall–Kier alpha value is -0.485. The van der Waals surface area contributed by atoms with Gasteiger partial charge in [0.05, 0.1) is 0 Å². The zero-order chi connectivity index (χ0) is 9.52. The zero-order valence-corrected chi connectivity index (χ0v) is 8.16. The third-order valence-electron chi connectivity index (χ3n) is 1.41. The summed E-state index contributed by atoms with van der Waals surface area (Å²) in [5.74, 6) is 0.407. The van der Waals surface area contributed by atoms with Crippen molar-refractivity contribution in [2.24, 2.45) is 0 Å². The van der Waals surface area contributed by atoms with Gasteiger partial charge in [-0.1, -0.05) is 30.3 Å². The van der Waals surface area contributed by atoms with E-state index in [1.165, 1.54) is 11.8 Å². The third kappa shape index (κ3) is 3.82. The largest absolute Gasteiger partial charge is 0.523 e. The van der Waals surface area contributed by atoms with Crippen LogP contribution < -0.4 is 5.46 Å². The van der Waals surface area contributed by atoms with Crippen LogP contribution in [-0.4, -0.2) is 24.3 Å². The Morgan fingerprint density at radius 1 is 1.38 bits per heavy atom. The smallest absolute Gasteiger partial charge is 0.422 e. The summed E-state index contributed by atoms with van der Waals surface area (Å²) in [6, 6.07) is 9.08. The molecule has 0 heterocycles. The van der Waals surface area contributed by atoms with Gasteiger partial charge in [0, 0.05) is 0 Å². The molecule has 13 heavy (non-hydrogen) atoms. The van der Waals surface area contributed by atoms with Gasteiger partial charge in [0.1, 0.15) is 5.94 Å². The second kappa shape index (κ2) is 6.04. The van der Waals surface area contributed by atoms with E-state index in [9.17, 15) is 5.02 Å². The molecular formula is C8H11BO3S. The summed E-state index contributed by atoms with van der Waals surface area (Å²) in [4.78, 5) is 9.42. The molecule has 70 valence electrons. The third-order valence-corrected chi connectivity index (χ3v) is 1.74. The second-order valence-electron chi connectivity index (χ2n) is 2.38. The number of hydrogen-bond acceptors (Lipinski definition) is 4. The first-order valence-corrected chi connectivity index (χ1v) is 5.24. The van der Waals surface area contributed by atoms with Crippen molar-refractivity contribution < 1.29 is 14.7 Å². The summed E-state index contributed by atoms with van der Waals surface area (Å²) in [7, 11) is -1.01. The fourth-order valence-electron chi connectivity index (χ4n) is 0.814. The number of benzene rings is 1. The van der Waals surface area contributed by atoms with E-state index in [1.54, 1.807) is 12.1 Å². The summed E-state index contributed by atoms with van der Waals surface area (Å²) < 4.78 is 0.